The highest BCUT2D eigenvalue weighted by molar-refractivity contribution is 5.77. The fraction of sp³-hybridized carbons (Fsp3) is 0.250. The van der Waals surface area contributed by atoms with Crippen molar-refractivity contribution in [3.05, 3.63) is 246 Å². The molecule has 22 atom stereocenters. The number of phenolic OH excluding ortho intramolecular Hbond substituents is 24. The van der Waals surface area contributed by atoms with Crippen LogP contribution in [0, 0.1) is 0 Å². The maximum Gasteiger partial charge on any atom is 0.187 e. The molecule has 41 heteroatoms. The number of rotatable bonds is 14. The first-order chi connectivity index (χ1) is 65.1. The fourth-order valence-corrected chi connectivity index (χ4v) is 20.1. The van der Waals surface area contributed by atoms with Crippen molar-refractivity contribution in [2.45, 2.75) is 140 Å². The number of benzene rings is 12. The van der Waals surface area contributed by atoms with Crippen LogP contribution in [0.5, 0.6) is 172 Å². The van der Waals surface area contributed by atoms with E-state index in [-0.39, 0.29) is 38.9 Å². The highest BCUT2D eigenvalue weighted by atomic mass is 16.7. The van der Waals surface area contributed by atoms with Crippen LogP contribution in [0.4, 0.5) is 0 Å². The Balaban J connectivity index is 0.850. The third kappa shape index (κ3) is 14.5. The number of phenols is 24. The molecule has 33 N–H and O–H groups in total. The minimum Gasteiger partial charge on any atom is -0.508 e. The number of ether oxygens (including phenoxy) is 8. The molecule has 1 fully saturated rings. The largest absolute Gasteiger partial charge is 0.508 e. The van der Waals surface area contributed by atoms with Gasteiger partial charge in [0.05, 0.1) is 36.2 Å². The quantitative estimate of drug-likeness (QED) is 0.0509. The highest BCUT2D eigenvalue weighted by Crippen LogP contribution is 2.69. The minimum atomic E-state index is -2.48. The van der Waals surface area contributed by atoms with Crippen molar-refractivity contribution in [2.24, 2.45) is 0 Å². The Morgan fingerprint density at radius 3 is 0.759 bits per heavy atom. The maximum absolute atomic E-state index is 13.8. The summed E-state index contributed by atoms with van der Waals surface area (Å²) in [5, 5.41) is 395. The van der Waals surface area contributed by atoms with Crippen molar-refractivity contribution in [3.8, 4) is 172 Å². The van der Waals surface area contributed by atoms with Crippen LogP contribution in [0.1, 0.15) is 161 Å². The number of aliphatic hydroxyl groups is 9. The lowest BCUT2D eigenvalue weighted by Gasteiger charge is -2.45. The lowest BCUT2D eigenvalue weighted by atomic mass is 9.70. The molecule has 12 aromatic rings. The van der Waals surface area contributed by atoms with Gasteiger partial charge >= 0.3 is 0 Å². The van der Waals surface area contributed by atoms with Crippen LogP contribution in [0.25, 0.3) is 0 Å². The van der Waals surface area contributed by atoms with Crippen molar-refractivity contribution in [2.75, 3.05) is 6.61 Å². The van der Waals surface area contributed by atoms with E-state index in [1.807, 2.05) is 0 Å². The number of hydrogen-bond acceptors (Lipinski definition) is 41. The van der Waals surface area contributed by atoms with Crippen LogP contribution in [-0.4, -0.2) is 242 Å². The molecule has 7 aliphatic heterocycles. The molecular weight excluding hydrogens is 1810 g/mol. The van der Waals surface area contributed by atoms with Gasteiger partial charge in [0.1, 0.15) is 165 Å². The van der Waals surface area contributed by atoms with Gasteiger partial charge in [-0.1, -0.05) is 36.4 Å². The molecule has 137 heavy (non-hydrogen) atoms. The van der Waals surface area contributed by atoms with Crippen LogP contribution in [-0.2, 0) is 15.9 Å². The van der Waals surface area contributed by atoms with Gasteiger partial charge in [-0.2, -0.15) is 0 Å². The van der Waals surface area contributed by atoms with E-state index < -0.39 is 375 Å². The van der Waals surface area contributed by atoms with Crippen molar-refractivity contribution in [1.29, 1.82) is 0 Å². The van der Waals surface area contributed by atoms with Gasteiger partial charge in [0.15, 0.2) is 112 Å². The molecule has 0 aliphatic carbocycles. The van der Waals surface area contributed by atoms with Crippen molar-refractivity contribution in [3.63, 3.8) is 0 Å². The average Bonchev–Trinajstić information content (AvgIpc) is 0.696. The zero-order valence-electron chi connectivity index (χ0n) is 70.1. The standard InChI is InChI=1S/C96H84O41/c97-27-61-77(122)83(128)84(129)96(132-61)131-60-21-35-42(105)22-50(113)63(91(35)133-85(60)28-1-7-36(99)43(106)13-28)73-65-52(115)24-54(117)67(93(65)135-87(79(73)124)30-3-9-38(101)45(108)15-30)75-69-56(119)26-58(121)71(95(69)137-89(81(75)126)32-5-11-40(103)47(110)17-32)76-70-57(120)25-55(118)68(94(70)136-90(82(76)127)33-6-12-41(104)48(111)18-33)74-66-53(116)23-51(114)64(92(66)134-88(80(74)125)31-4-10-39(102)46(109)16-31)72-62-49(112)19-34(98)20-59(62)130-86(78(72)123)29-2-8-37(100)44(107)14-29/h1-20,22-26,60-61,72-90,96-129H,21,27H2/t60-,61+,72?,73?,74?,75?,76?,77+,78+,79+,80+,81+,82+,83-,84+,85+,86+,87+,88+,89+,90+,96?/m0/s1. The summed E-state index contributed by atoms with van der Waals surface area (Å²) in [5.41, 5.74) is -9.24. The molecule has 0 spiro atoms. The van der Waals surface area contributed by atoms with Crippen LogP contribution < -0.4 is 28.4 Å². The molecular formula is C96H84O41. The van der Waals surface area contributed by atoms with Gasteiger partial charge in [0, 0.05) is 110 Å². The van der Waals surface area contributed by atoms with Gasteiger partial charge in [-0.05, 0) is 106 Å². The normalized spacial score (nSPS) is 26.8. The van der Waals surface area contributed by atoms with E-state index in [9.17, 15) is 169 Å². The summed E-state index contributed by atoms with van der Waals surface area (Å²) in [4.78, 5) is 0. The Morgan fingerprint density at radius 2 is 0.474 bits per heavy atom. The van der Waals surface area contributed by atoms with E-state index in [0.717, 1.165) is 115 Å². The van der Waals surface area contributed by atoms with Gasteiger partial charge in [0.2, 0.25) is 0 Å². The Morgan fingerprint density at radius 1 is 0.226 bits per heavy atom. The predicted molar refractivity (Wildman–Crippen MR) is 459 cm³/mol. The first-order valence-corrected chi connectivity index (χ1v) is 42.1. The molecule has 19 rings (SSSR count). The van der Waals surface area contributed by atoms with Crippen LogP contribution in [0.15, 0.2) is 152 Å². The first kappa shape index (κ1) is 90.4. The number of hydrogen-bond donors (Lipinski definition) is 33. The van der Waals surface area contributed by atoms with Crippen molar-refractivity contribution in [1.82, 2.24) is 0 Å². The lowest BCUT2D eigenvalue weighted by Crippen LogP contribution is -2.60. The molecule has 0 aromatic heterocycles. The van der Waals surface area contributed by atoms with Gasteiger partial charge < -0.3 is 206 Å². The van der Waals surface area contributed by atoms with E-state index in [0.29, 0.717) is 24.3 Å². The summed E-state index contributed by atoms with van der Waals surface area (Å²) in [7, 11) is 0. The van der Waals surface area contributed by atoms with Crippen LogP contribution >= 0.6 is 0 Å². The second-order valence-electron chi connectivity index (χ2n) is 34.4. The van der Waals surface area contributed by atoms with E-state index >= 15 is 0 Å². The smallest absolute Gasteiger partial charge is 0.187 e. The highest BCUT2D eigenvalue weighted by Gasteiger charge is 2.58. The third-order valence-corrected chi connectivity index (χ3v) is 26.5. The molecule has 6 unspecified atom stereocenters. The molecule has 12 aromatic carbocycles. The SMILES string of the molecule is OC[C@H]1OC(O[C@H]2Cc3c(O)cc(O)c(C4c5c(O)cc(O)c(C6c7c(O)cc(O)c(C8c9c(O)cc(O)c(C%10c%11c(O)cc(O)c(C%12c%13c(O)cc(O)cc%13O[C@H](c%13ccc(O)c(O)c%13)[C@@H]%12O)c%11O[C@H](c%11ccc(O)c(O)c%11)[C@@H]%10O)c9O[C@H](c9ccc(O)c(O)c9)[C@@H]8O)c7O[C@H](c7ccc(O)c(O)c7)[C@@H]6O)c5O[C@H](c5ccc(O)c(O)c5)[C@@H]4O)c3O[C@@H]2c2ccc(O)c(O)c2)[C@H](O)[C@@H](O)[C@@H]1O. The Labute approximate surface area is 768 Å². The Bertz CT molecular complexity index is 6920. The van der Waals surface area contributed by atoms with E-state index in [4.69, 9.17) is 37.9 Å². The second kappa shape index (κ2) is 33.4. The van der Waals surface area contributed by atoms with Crippen LogP contribution in [0.2, 0.25) is 0 Å². The van der Waals surface area contributed by atoms with E-state index in [1.165, 1.54) is 12.1 Å². The van der Waals surface area contributed by atoms with Crippen molar-refractivity contribution >= 4 is 0 Å². The monoisotopic (exact) mass is 1890 g/mol. The first-order valence-electron chi connectivity index (χ1n) is 42.1. The summed E-state index contributed by atoms with van der Waals surface area (Å²) in [6.45, 7) is -0.940. The van der Waals surface area contributed by atoms with Crippen LogP contribution in [0.3, 0.4) is 0 Å². The summed E-state index contributed by atoms with van der Waals surface area (Å²) in [6, 6.07) is 23.0. The number of fused-ring (bicyclic) bond motifs is 6. The molecule has 1 saturated heterocycles. The topological polar surface area (TPSA) is 741 Å². The molecule has 714 valence electrons. The maximum atomic E-state index is 13.8. The van der Waals surface area contributed by atoms with Gasteiger partial charge in [-0.25, -0.2) is 0 Å². The van der Waals surface area contributed by atoms with Gasteiger partial charge in [-0.3, -0.25) is 0 Å². The van der Waals surface area contributed by atoms with Gasteiger partial charge in [-0.15, -0.1) is 0 Å². The second-order valence-corrected chi connectivity index (χ2v) is 34.4. The number of aliphatic hydroxyl groups excluding tert-OH is 9. The zero-order chi connectivity index (χ0) is 97.6. The molecule has 41 nitrogen and oxygen atoms in total. The van der Waals surface area contributed by atoms with Crippen molar-refractivity contribution < 1.29 is 206 Å². The molecule has 0 bridgehead atoms. The Hall–Kier alpha value is -15.8. The van der Waals surface area contributed by atoms with Gasteiger partial charge in [0.25, 0.3) is 0 Å². The van der Waals surface area contributed by atoms with E-state index in [1.54, 1.807) is 0 Å². The summed E-state index contributed by atoms with van der Waals surface area (Å²) in [6.07, 6.45) is -35.7. The molecule has 7 heterocycles. The molecule has 7 aliphatic rings. The minimum absolute atomic E-state index is 0.103. The molecule has 0 amide bonds. The molecule has 0 radical (unpaired) electrons. The fourth-order valence-electron chi connectivity index (χ4n) is 20.1. The summed E-state index contributed by atoms with van der Waals surface area (Å²) in [5.74, 6) is -37.5. The molecule has 0 saturated carbocycles. The third-order valence-electron chi connectivity index (χ3n) is 26.5. The zero-order valence-corrected chi connectivity index (χ0v) is 70.1. The lowest BCUT2D eigenvalue weighted by molar-refractivity contribution is -0.317. The average molecular weight is 1890 g/mol. The Kier molecular flexibility index (Phi) is 22.0. The number of aromatic hydroxyl groups is 24. The van der Waals surface area contributed by atoms with E-state index in [2.05, 4.69) is 0 Å². The summed E-state index contributed by atoms with van der Waals surface area (Å²) >= 11 is 0. The predicted octanol–water partition coefficient (Wildman–Crippen LogP) is 6.61. The summed E-state index contributed by atoms with van der Waals surface area (Å²) < 4.78 is 52.3.